The van der Waals surface area contributed by atoms with E-state index >= 15 is 0 Å². The number of hydrogen-bond acceptors (Lipinski definition) is 5. The van der Waals surface area contributed by atoms with Gasteiger partial charge in [0.1, 0.15) is 17.1 Å². The molecule has 144 valence electrons. The van der Waals surface area contributed by atoms with E-state index in [1.54, 1.807) is 42.9 Å². The van der Waals surface area contributed by atoms with Gasteiger partial charge in [-0.05, 0) is 48.9 Å². The third-order valence-corrected chi connectivity index (χ3v) is 4.25. The highest BCUT2D eigenvalue weighted by Crippen LogP contribution is 2.22. The zero-order valence-electron chi connectivity index (χ0n) is 15.3. The lowest BCUT2D eigenvalue weighted by Crippen LogP contribution is -2.19. The van der Waals surface area contributed by atoms with Crippen molar-refractivity contribution in [3.63, 3.8) is 0 Å². The van der Waals surface area contributed by atoms with Gasteiger partial charge < -0.3 is 14.4 Å². The quantitative estimate of drug-likeness (QED) is 0.503. The summed E-state index contributed by atoms with van der Waals surface area (Å²) in [7, 11) is 1.57. The van der Waals surface area contributed by atoms with Crippen LogP contribution in [0.1, 0.15) is 22.8 Å². The number of methoxy groups -OCH3 is 1. The second-order valence-corrected chi connectivity index (χ2v) is 5.96. The number of aromatic nitrogens is 1. The first-order valence-electron chi connectivity index (χ1n) is 8.47. The number of anilines is 1. The summed E-state index contributed by atoms with van der Waals surface area (Å²) in [5.41, 5.74) is 2.77. The van der Waals surface area contributed by atoms with Crippen LogP contribution >= 0.6 is 0 Å². The van der Waals surface area contributed by atoms with Crippen molar-refractivity contribution >= 4 is 28.8 Å². The molecule has 0 saturated carbocycles. The molecule has 7 nitrogen and oxygen atoms in total. The zero-order valence-corrected chi connectivity index (χ0v) is 15.3. The number of halogens is 1. The Hall–Kier alpha value is -3.68. The first-order chi connectivity index (χ1) is 13.4. The zero-order chi connectivity index (χ0) is 20.3. The van der Waals surface area contributed by atoms with Crippen LogP contribution in [0.15, 0.2) is 52.5 Å². The first-order valence-corrected chi connectivity index (χ1v) is 8.47. The third-order valence-electron chi connectivity index (χ3n) is 4.25. The molecule has 8 heteroatoms. The van der Waals surface area contributed by atoms with Crippen LogP contribution < -0.4 is 15.6 Å². The number of rotatable bonds is 6. The van der Waals surface area contributed by atoms with Crippen LogP contribution in [0.25, 0.3) is 10.9 Å². The van der Waals surface area contributed by atoms with Crippen molar-refractivity contribution < 1.29 is 19.0 Å². The molecule has 0 bridgehead atoms. The highest BCUT2D eigenvalue weighted by Gasteiger charge is 2.16. The molecule has 3 rings (SSSR count). The Bertz CT molecular complexity index is 1120. The molecular formula is C20H18FN3O4. The number of ether oxygens (including phenoxy) is 1. The van der Waals surface area contributed by atoms with Gasteiger partial charge in [-0.2, -0.15) is 5.10 Å². The summed E-state index contributed by atoms with van der Waals surface area (Å²) in [5.74, 6) is -1.34. The molecule has 0 unspecified atom stereocenters. The van der Waals surface area contributed by atoms with Crippen molar-refractivity contribution in [1.82, 2.24) is 4.57 Å². The van der Waals surface area contributed by atoms with E-state index in [2.05, 4.69) is 10.5 Å². The van der Waals surface area contributed by atoms with Crippen LogP contribution in [0.3, 0.4) is 0 Å². The van der Waals surface area contributed by atoms with Gasteiger partial charge in [-0.15, -0.1) is 0 Å². The number of nitrogens with zero attached hydrogens (tertiary/aromatic N) is 2. The smallest absolute Gasteiger partial charge is 0.341 e. The van der Waals surface area contributed by atoms with Crippen molar-refractivity contribution in [2.24, 2.45) is 5.10 Å². The lowest BCUT2D eigenvalue weighted by Gasteiger charge is -2.12. The second kappa shape index (κ2) is 7.91. The van der Waals surface area contributed by atoms with E-state index in [0.717, 1.165) is 11.6 Å². The average Bonchev–Trinajstić information content (AvgIpc) is 2.69. The minimum Gasteiger partial charge on any atom is -0.497 e. The molecule has 0 radical (unpaired) electrons. The Labute approximate surface area is 159 Å². The number of hydrazone groups is 1. The first kappa shape index (κ1) is 19.1. The fourth-order valence-corrected chi connectivity index (χ4v) is 2.78. The Balaban J connectivity index is 1.96. The van der Waals surface area contributed by atoms with Gasteiger partial charge in [0.2, 0.25) is 5.43 Å². The van der Waals surface area contributed by atoms with E-state index < -0.39 is 22.8 Å². The van der Waals surface area contributed by atoms with Crippen molar-refractivity contribution in [3.05, 3.63) is 69.8 Å². The number of aryl methyl sites for hydroxylation is 1. The Morgan fingerprint density at radius 1 is 1.32 bits per heavy atom. The SMILES string of the molecule is CCn1cc(C(=O)O)c(=O)c2cc(F)c(NN=Cc3ccc(OC)cc3)cc21. The molecule has 1 aromatic heterocycles. The Morgan fingerprint density at radius 2 is 2.04 bits per heavy atom. The van der Waals surface area contributed by atoms with Crippen LogP contribution in [-0.2, 0) is 6.54 Å². The Kier molecular flexibility index (Phi) is 5.39. The van der Waals surface area contributed by atoms with Crippen LogP contribution in [-0.4, -0.2) is 29.0 Å². The van der Waals surface area contributed by atoms with E-state index in [4.69, 9.17) is 4.74 Å². The molecule has 0 aliphatic carbocycles. The molecule has 0 aliphatic heterocycles. The van der Waals surface area contributed by atoms with Gasteiger partial charge in [-0.1, -0.05) is 0 Å². The van der Waals surface area contributed by atoms with E-state index in [9.17, 15) is 19.1 Å². The van der Waals surface area contributed by atoms with Crippen LogP contribution in [0.4, 0.5) is 10.1 Å². The van der Waals surface area contributed by atoms with Gasteiger partial charge in [0.25, 0.3) is 0 Å². The summed E-state index contributed by atoms with van der Waals surface area (Å²) in [6.07, 6.45) is 2.78. The number of hydrogen-bond donors (Lipinski definition) is 2. The van der Waals surface area contributed by atoms with Crippen molar-refractivity contribution in [1.29, 1.82) is 0 Å². The topological polar surface area (TPSA) is 92.9 Å². The van der Waals surface area contributed by atoms with Gasteiger partial charge in [0.05, 0.1) is 24.5 Å². The normalized spacial score (nSPS) is 11.1. The summed E-state index contributed by atoms with van der Waals surface area (Å²) in [4.78, 5) is 23.6. The number of aromatic carboxylic acids is 1. The molecule has 0 aliphatic rings. The van der Waals surface area contributed by atoms with Crippen molar-refractivity contribution in [2.45, 2.75) is 13.5 Å². The van der Waals surface area contributed by atoms with E-state index in [1.807, 2.05) is 0 Å². The maximum atomic E-state index is 14.4. The predicted octanol–water partition coefficient (Wildman–Crippen LogP) is 3.31. The fraction of sp³-hybridized carbons (Fsp3) is 0.150. The number of benzene rings is 2. The maximum Gasteiger partial charge on any atom is 0.341 e. The van der Waals surface area contributed by atoms with Gasteiger partial charge in [-0.25, -0.2) is 9.18 Å². The molecule has 0 atom stereocenters. The lowest BCUT2D eigenvalue weighted by atomic mass is 10.1. The molecule has 2 N–H and O–H groups in total. The standard InChI is InChI=1S/C20H18FN3O4/c1-3-24-11-15(20(26)27)19(25)14-8-16(21)17(9-18(14)24)23-22-10-12-4-6-13(28-2)7-5-12/h4-11,23H,3H2,1-2H3,(H,26,27). The molecular weight excluding hydrogens is 365 g/mol. The highest BCUT2D eigenvalue weighted by atomic mass is 19.1. The summed E-state index contributed by atoms with van der Waals surface area (Å²) >= 11 is 0. The van der Waals surface area contributed by atoms with Crippen LogP contribution in [0.5, 0.6) is 5.75 Å². The average molecular weight is 383 g/mol. The van der Waals surface area contributed by atoms with Gasteiger partial charge in [-0.3, -0.25) is 10.2 Å². The molecule has 0 saturated heterocycles. The highest BCUT2D eigenvalue weighted by molar-refractivity contribution is 5.93. The molecule has 28 heavy (non-hydrogen) atoms. The number of carboxylic acid groups (broad SMARTS) is 1. The lowest BCUT2D eigenvalue weighted by molar-refractivity contribution is 0.0695. The Morgan fingerprint density at radius 3 is 2.64 bits per heavy atom. The van der Waals surface area contributed by atoms with Crippen molar-refractivity contribution in [2.75, 3.05) is 12.5 Å². The molecule has 0 amide bonds. The number of fused-ring (bicyclic) bond motifs is 1. The number of carbonyl (C=O) groups is 1. The molecule has 2 aromatic carbocycles. The van der Waals surface area contributed by atoms with Gasteiger partial charge in [0, 0.05) is 18.1 Å². The summed E-state index contributed by atoms with van der Waals surface area (Å²) in [6.45, 7) is 2.21. The summed E-state index contributed by atoms with van der Waals surface area (Å²) in [5, 5.41) is 13.2. The minimum atomic E-state index is -1.35. The second-order valence-electron chi connectivity index (χ2n) is 5.96. The van der Waals surface area contributed by atoms with Crippen molar-refractivity contribution in [3.8, 4) is 5.75 Å². The van der Waals surface area contributed by atoms with Crippen LogP contribution in [0, 0.1) is 5.82 Å². The van der Waals surface area contributed by atoms with Gasteiger partial charge in [0.15, 0.2) is 0 Å². The number of pyridine rings is 1. The fourth-order valence-electron chi connectivity index (χ4n) is 2.78. The minimum absolute atomic E-state index is 0.00364. The summed E-state index contributed by atoms with van der Waals surface area (Å²) in [6, 6.07) is 9.61. The maximum absolute atomic E-state index is 14.4. The largest absolute Gasteiger partial charge is 0.497 e. The molecule has 3 aromatic rings. The van der Waals surface area contributed by atoms with Gasteiger partial charge >= 0.3 is 5.97 Å². The summed E-state index contributed by atoms with van der Waals surface area (Å²) < 4.78 is 21.1. The van der Waals surface area contributed by atoms with E-state index in [1.165, 1.54) is 18.5 Å². The number of carboxylic acids is 1. The molecule has 1 heterocycles. The molecule has 0 spiro atoms. The van der Waals surface area contributed by atoms with E-state index in [0.29, 0.717) is 17.8 Å². The van der Waals surface area contributed by atoms with Crippen LogP contribution in [0.2, 0.25) is 0 Å². The number of nitrogens with one attached hydrogen (secondary N) is 1. The monoisotopic (exact) mass is 383 g/mol. The van der Waals surface area contributed by atoms with E-state index in [-0.39, 0.29) is 11.1 Å². The predicted molar refractivity (Wildman–Crippen MR) is 105 cm³/mol. The molecule has 0 fully saturated rings. The third kappa shape index (κ3) is 3.71.